The largest absolute Gasteiger partial charge is 0.491 e. The van der Waals surface area contributed by atoms with Gasteiger partial charge in [0.2, 0.25) is 17.5 Å². The van der Waals surface area contributed by atoms with Crippen LogP contribution in [0.3, 0.4) is 0 Å². The van der Waals surface area contributed by atoms with Crippen LogP contribution in [0, 0.1) is 29.1 Å². The first-order valence-corrected chi connectivity index (χ1v) is 14.5. The summed E-state index contributed by atoms with van der Waals surface area (Å²) >= 11 is 0. The molecule has 0 amide bonds. The molecule has 0 N–H and O–H groups in total. The van der Waals surface area contributed by atoms with E-state index in [1.54, 1.807) is 25.1 Å². The zero-order valence-corrected chi connectivity index (χ0v) is 23.6. The first-order valence-electron chi connectivity index (χ1n) is 14.5. The minimum Gasteiger partial charge on any atom is -0.491 e. The van der Waals surface area contributed by atoms with Crippen LogP contribution in [-0.4, -0.2) is 13.2 Å². The van der Waals surface area contributed by atoms with Gasteiger partial charge in [0.1, 0.15) is 12.4 Å². The lowest BCUT2D eigenvalue weighted by Crippen LogP contribution is -2.15. The van der Waals surface area contributed by atoms with Gasteiger partial charge in [0.25, 0.3) is 0 Å². The molecule has 0 aliphatic heterocycles. The number of hydrogen-bond acceptors (Lipinski definition) is 3. The van der Waals surface area contributed by atoms with Crippen LogP contribution in [-0.2, 0) is 6.61 Å². The van der Waals surface area contributed by atoms with Gasteiger partial charge in [0, 0.05) is 0 Å². The molecule has 3 aromatic carbocycles. The van der Waals surface area contributed by atoms with Crippen molar-refractivity contribution >= 4 is 0 Å². The maximum atomic E-state index is 15.1. The molecule has 1 fully saturated rings. The van der Waals surface area contributed by atoms with Crippen molar-refractivity contribution in [3.05, 3.63) is 88.2 Å². The molecule has 1 aliphatic rings. The van der Waals surface area contributed by atoms with Crippen molar-refractivity contribution in [3.8, 4) is 17.2 Å². The molecule has 1 aliphatic carbocycles. The van der Waals surface area contributed by atoms with E-state index in [-0.39, 0.29) is 42.3 Å². The molecule has 0 heterocycles. The van der Waals surface area contributed by atoms with E-state index < -0.39 is 29.1 Å². The molecule has 0 spiro atoms. The molecule has 222 valence electrons. The molecule has 41 heavy (non-hydrogen) atoms. The number of halogens is 5. The van der Waals surface area contributed by atoms with Gasteiger partial charge in [-0.1, -0.05) is 44.4 Å². The molecule has 3 nitrogen and oxygen atoms in total. The summed E-state index contributed by atoms with van der Waals surface area (Å²) < 4.78 is 89.0. The summed E-state index contributed by atoms with van der Waals surface area (Å²) in [7, 11) is 0. The topological polar surface area (TPSA) is 27.7 Å². The number of rotatable bonds is 13. The average Bonchev–Trinajstić information content (AvgIpc) is 2.97. The Kier molecular flexibility index (Phi) is 10.9. The average molecular weight is 577 g/mol. The van der Waals surface area contributed by atoms with Gasteiger partial charge >= 0.3 is 0 Å². The summed E-state index contributed by atoms with van der Waals surface area (Å²) in [6.07, 6.45) is 6.31. The lowest BCUT2D eigenvalue weighted by molar-refractivity contribution is 0.265. The smallest absolute Gasteiger partial charge is 0.204 e. The molecule has 4 rings (SSSR count). The Morgan fingerprint density at radius 1 is 0.610 bits per heavy atom. The van der Waals surface area contributed by atoms with Gasteiger partial charge in [0.05, 0.1) is 13.2 Å². The van der Waals surface area contributed by atoms with Crippen LogP contribution >= 0.6 is 0 Å². The van der Waals surface area contributed by atoms with E-state index in [4.69, 9.17) is 14.2 Å². The third-order valence-electron chi connectivity index (χ3n) is 7.71. The number of hydrogen-bond donors (Lipinski definition) is 0. The summed E-state index contributed by atoms with van der Waals surface area (Å²) in [5.74, 6) is -5.26. The highest BCUT2D eigenvalue weighted by molar-refractivity contribution is 5.36. The maximum absolute atomic E-state index is 15.1. The zero-order chi connectivity index (χ0) is 29.4. The summed E-state index contributed by atoms with van der Waals surface area (Å²) in [4.78, 5) is 0. The second kappa shape index (κ2) is 14.6. The Bertz CT molecular complexity index is 1300. The van der Waals surface area contributed by atoms with Crippen molar-refractivity contribution in [2.75, 3.05) is 13.2 Å². The molecular weight excluding hydrogens is 539 g/mol. The molecular formula is C33H37F5O3. The van der Waals surface area contributed by atoms with Crippen molar-refractivity contribution < 1.29 is 36.2 Å². The SMILES string of the molecule is CCCCCCOc1ccc(OCc2ccc(C3CCC(c4ccc(OCC)c(F)c4F)CC3)c(F)c2)c(F)c1F. The van der Waals surface area contributed by atoms with Crippen molar-refractivity contribution in [3.63, 3.8) is 0 Å². The van der Waals surface area contributed by atoms with Gasteiger partial charge in [-0.05, 0) is 91.8 Å². The van der Waals surface area contributed by atoms with E-state index in [0.29, 0.717) is 49.0 Å². The van der Waals surface area contributed by atoms with Crippen molar-refractivity contribution in [1.29, 1.82) is 0 Å². The highest BCUT2D eigenvalue weighted by Gasteiger charge is 2.28. The van der Waals surface area contributed by atoms with Gasteiger partial charge in [-0.15, -0.1) is 0 Å². The Hall–Kier alpha value is -3.29. The maximum Gasteiger partial charge on any atom is 0.204 e. The highest BCUT2D eigenvalue weighted by Crippen LogP contribution is 2.43. The highest BCUT2D eigenvalue weighted by atomic mass is 19.2. The lowest BCUT2D eigenvalue weighted by Gasteiger charge is -2.29. The Morgan fingerprint density at radius 3 is 1.80 bits per heavy atom. The third-order valence-corrected chi connectivity index (χ3v) is 7.71. The van der Waals surface area contributed by atoms with Crippen molar-refractivity contribution in [2.45, 2.75) is 83.7 Å². The first-order chi connectivity index (χ1) is 19.8. The molecule has 0 aromatic heterocycles. The molecule has 0 saturated heterocycles. The fraction of sp³-hybridized carbons (Fsp3) is 0.455. The molecule has 0 atom stereocenters. The molecule has 8 heteroatoms. The summed E-state index contributed by atoms with van der Waals surface area (Å²) in [5, 5.41) is 0. The third kappa shape index (κ3) is 7.52. The van der Waals surface area contributed by atoms with E-state index in [9.17, 15) is 17.6 Å². The molecule has 0 radical (unpaired) electrons. The summed E-state index contributed by atoms with van der Waals surface area (Å²) in [6, 6.07) is 10.4. The number of unbranched alkanes of at least 4 members (excludes halogenated alkanes) is 3. The Labute approximate surface area is 238 Å². The van der Waals surface area contributed by atoms with Gasteiger partial charge < -0.3 is 14.2 Å². The van der Waals surface area contributed by atoms with Gasteiger partial charge in [-0.3, -0.25) is 0 Å². The molecule has 0 bridgehead atoms. The van der Waals surface area contributed by atoms with Crippen LogP contribution < -0.4 is 14.2 Å². The monoisotopic (exact) mass is 576 g/mol. The standard InChI is InChI=1S/C33H37F5O3/c1-3-5-6-7-18-40-28-16-17-29(33(38)32(28)37)41-20-21-8-13-24(26(34)19-21)22-9-11-23(12-10-22)25-14-15-27(39-4-2)31(36)30(25)35/h8,13-17,19,22-23H,3-7,9-12,18,20H2,1-2H3. The predicted octanol–water partition coefficient (Wildman–Crippen LogP) is 9.76. The van der Waals surface area contributed by atoms with Crippen LogP contribution in [0.1, 0.15) is 93.7 Å². The second-order valence-corrected chi connectivity index (χ2v) is 10.5. The lowest BCUT2D eigenvalue weighted by atomic mass is 9.76. The summed E-state index contributed by atoms with van der Waals surface area (Å²) in [6.45, 7) is 4.20. The van der Waals surface area contributed by atoms with E-state index >= 15 is 4.39 Å². The second-order valence-electron chi connectivity index (χ2n) is 10.5. The fourth-order valence-corrected chi connectivity index (χ4v) is 5.44. The first kappa shape index (κ1) is 30.7. The normalized spacial score (nSPS) is 17.0. The minimum atomic E-state index is -1.14. The Balaban J connectivity index is 1.32. The minimum absolute atomic E-state index is 0.0575. The van der Waals surface area contributed by atoms with Gasteiger partial charge in [-0.2, -0.15) is 13.2 Å². The van der Waals surface area contributed by atoms with Gasteiger partial charge in [0.15, 0.2) is 23.1 Å². The quantitative estimate of drug-likeness (QED) is 0.150. The fourth-order valence-electron chi connectivity index (χ4n) is 5.44. The Morgan fingerprint density at radius 2 is 1.17 bits per heavy atom. The van der Waals surface area contributed by atoms with Crippen molar-refractivity contribution in [1.82, 2.24) is 0 Å². The predicted molar refractivity (Wildman–Crippen MR) is 148 cm³/mol. The number of benzene rings is 3. The molecule has 1 saturated carbocycles. The van der Waals surface area contributed by atoms with Crippen LogP contribution in [0.4, 0.5) is 22.0 Å². The number of ether oxygens (including phenoxy) is 3. The summed E-state index contributed by atoms with van der Waals surface area (Å²) in [5.41, 5.74) is 1.35. The molecule has 0 unspecified atom stereocenters. The van der Waals surface area contributed by atoms with Crippen LogP contribution in [0.25, 0.3) is 0 Å². The van der Waals surface area contributed by atoms with E-state index in [1.807, 2.05) is 0 Å². The van der Waals surface area contributed by atoms with E-state index in [2.05, 4.69) is 6.92 Å². The van der Waals surface area contributed by atoms with Crippen LogP contribution in [0.5, 0.6) is 17.2 Å². The molecule has 3 aromatic rings. The zero-order valence-electron chi connectivity index (χ0n) is 23.6. The van der Waals surface area contributed by atoms with E-state index in [0.717, 1.165) is 25.7 Å². The van der Waals surface area contributed by atoms with E-state index in [1.165, 1.54) is 24.3 Å². The van der Waals surface area contributed by atoms with Crippen LogP contribution in [0.15, 0.2) is 42.5 Å². The van der Waals surface area contributed by atoms with Crippen LogP contribution in [0.2, 0.25) is 0 Å². The van der Waals surface area contributed by atoms with Crippen molar-refractivity contribution in [2.24, 2.45) is 0 Å². The van der Waals surface area contributed by atoms with Gasteiger partial charge in [-0.25, -0.2) is 8.78 Å².